The number of amides is 1. The molecule has 0 radical (unpaired) electrons. The van der Waals surface area contributed by atoms with Crippen LogP contribution in [-0.2, 0) is 4.79 Å². The Bertz CT molecular complexity index is 365. The van der Waals surface area contributed by atoms with Crippen molar-refractivity contribution in [2.75, 3.05) is 5.32 Å². The van der Waals surface area contributed by atoms with E-state index in [-0.39, 0.29) is 11.8 Å². The molecule has 1 N–H and O–H groups in total. The molecule has 0 heterocycles. The average molecular weight is 345 g/mol. The van der Waals surface area contributed by atoms with Gasteiger partial charge in [0.1, 0.15) is 0 Å². The molecule has 0 aromatic heterocycles. The Balaban J connectivity index is 2.57. The van der Waals surface area contributed by atoms with Crippen molar-refractivity contribution in [2.24, 2.45) is 5.92 Å². The summed E-state index contributed by atoms with van der Waals surface area (Å²) < 4.78 is 1.14. The fourth-order valence-electron chi connectivity index (χ4n) is 1.78. The maximum Gasteiger partial charge on any atom is 0.227 e. The summed E-state index contributed by atoms with van der Waals surface area (Å²) in [5.74, 6) is 0.302. The summed E-state index contributed by atoms with van der Waals surface area (Å²) >= 11 is 2.25. The lowest BCUT2D eigenvalue weighted by molar-refractivity contribution is -0.120. The third-order valence-electron chi connectivity index (χ3n) is 2.86. The summed E-state index contributed by atoms with van der Waals surface area (Å²) in [4.78, 5) is 12.0. The van der Waals surface area contributed by atoms with Crippen molar-refractivity contribution < 1.29 is 4.79 Å². The van der Waals surface area contributed by atoms with Gasteiger partial charge in [0.05, 0.1) is 0 Å². The molecule has 1 amide bonds. The van der Waals surface area contributed by atoms with E-state index >= 15 is 0 Å². The molecule has 0 spiro atoms. The number of rotatable bonds is 6. The number of benzene rings is 1. The first-order valence-electron chi connectivity index (χ1n) is 6.23. The molecule has 0 aliphatic rings. The van der Waals surface area contributed by atoms with Gasteiger partial charge in [-0.15, -0.1) is 0 Å². The second-order valence-corrected chi connectivity index (χ2v) is 5.49. The van der Waals surface area contributed by atoms with Crippen LogP contribution < -0.4 is 5.32 Å². The van der Waals surface area contributed by atoms with E-state index < -0.39 is 0 Å². The van der Waals surface area contributed by atoms with Gasteiger partial charge in [-0.1, -0.05) is 32.8 Å². The lowest BCUT2D eigenvalue weighted by Crippen LogP contribution is -2.22. The van der Waals surface area contributed by atoms with Crippen molar-refractivity contribution in [1.82, 2.24) is 0 Å². The quantitative estimate of drug-likeness (QED) is 0.759. The fraction of sp³-hybridized carbons (Fsp3) is 0.500. The first-order valence-corrected chi connectivity index (χ1v) is 7.31. The number of hydrogen-bond acceptors (Lipinski definition) is 1. The normalized spacial score (nSPS) is 12.2. The van der Waals surface area contributed by atoms with Crippen LogP contribution in [0.2, 0.25) is 0 Å². The summed E-state index contributed by atoms with van der Waals surface area (Å²) in [5, 5.41) is 3.00. The van der Waals surface area contributed by atoms with Gasteiger partial charge in [-0.05, 0) is 53.6 Å². The van der Waals surface area contributed by atoms with Crippen molar-refractivity contribution in [3.8, 4) is 0 Å². The molecule has 1 rings (SSSR count). The third-order valence-corrected chi connectivity index (χ3v) is 3.53. The number of unbranched alkanes of at least 4 members (excludes halogenated alkanes) is 1. The van der Waals surface area contributed by atoms with Gasteiger partial charge in [0.25, 0.3) is 0 Å². The Hall–Kier alpha value is -0.580. The molecular weight excluding hydrogens is 325 g/mol. The van der Waals surface area contributed by atoms with Gasteiger partial charge in [0.15, 0.2) is 0 Å². The van der Waals surface area contributed by atoms with Gasteiger partial charge in [-0.3, -0.25) is 4.79 Å². The van der Waals surface area contributed by atoms with Crippen LogP contribution in [0.1, 0.15) is 39.5 Å². The van der Waals surface area contributed by atoms with Crippen LogP contribution in [0, 0.1) is 9.49 Å². The summed E-state index contributed by atoms with van der Waals surface area (Å²) in [7, 11) is 0. The summed E-state index contributed by atoms with van der Waals surface area (Å²) in [5.41, 5.74) is 0.900. The van der Waals surface area contributed by atoms with Crippen LogP contribution >= 0.6 is 22.6 Å². The topological polar surface area (TPSA) is 29.1 Å². The van der Waals surface area contributed by atoms with E-state index in [1.54, 1.807) is 0 Å². The summed E-state index contributed by atoms with van der Waals surface area (Å²) in [6, 6.07) is 7.91. The molecule has 94 valence electrons. The first kappa shape index (κ1) is 14.5. The number of hydrogen-bond donors (Lipinski definition) is 1. The van der Waals surface area contributed by atoms with Crippen LogP contribution in [-0.4, -0.2) is 5.91 Å². The maximum atomic E-state index is 12.0. The molecule has 0 saturated carbocycles. The van der Waals surface area contributed by atoms with Crippen molar-refractivity contribution in [3.05, 3.63) is 27.8 Å². The van der Waals surface area contributed by atoms with Gasteiger partial charge in [0.2, 0.25) is 5.91 Å². The predicted molar refractivity (Wildman–Crippen MR) is 81.1 cm³/mol. The van der Waals surface area contributed by atoms with E-state index in [1.165, 1.54) is 0 Å². The van der Waals surface area contributed by atoms with E-state index in [1.807, 2.05) is 24.3 Å². The maximum absolute atomic E-state index is 12.0. The zero-order valence-electron chi connectivity index (χ0n) is 10.5. The molecule has 0 fully saturated rings. The monoisotopic (exact) mass is 345 g/mol. The standard InChI is InChI=1S/C14H20INO/c1-3-5-7-11(4-2)14(17)16-13-9-6-8-12(15)10-13/h6,8-11H,3-5,7H2,1-2H3,(H,16,17). The molecule has 17 heavy (non-hydrogen) atoms. The molecule has 0 saturated heterocycles. The smallest absolute Gasteiger partial charge is 0.227 e. The van der Waals surface area contributed by atoms with E-state index in [9.17, 15) is 4.79 Å². The molecule has 1 aromatic carbocycles. The van der Waals surface area contributed by atoms with Crippen LogP contribution in [0.15, 0.2) is 24.3 Å². The minimum Gasteiger partial charge on any atom is -0.326 e. The first-order chi connectivity index (χ1) is 8.17. The SMILES string of the molecule is CCCCC(CC)C(=O)Nc1cccc(I)c1. The highest BCUT2D eigenvalue weighted by Crippen LogP contribution is 2.17. The number of nitrogens with one attached hydrogen (secondary N) is 1. The van der Waals surface area contributed by atoms with E-state index in [4.69, 9.17) is 0 Å². The zero-order valence-corrected chi connectivity index (χ0v) is 12.7. The van der Waals surface area contributed by atoms with Crippen LogP contribution in [0.3, 0.4) is 0 Å². The summed E-state index contributed by atoms with van der Waals surface area (Å²) in [6.07, 6.45) is 4.17. The molecule has 1 atom stereocenters. The Labute approximate surface area is 117 Å². The van der Waals surface area contributed by atoms with Crippen molar-refractivity contribution in [2.45, 2.75) is 39.5 Å². The second-order valence-electron chi connectivity index (χ2n) is 4.25. The lowest BCUT2D eigenvalue weighted by atomic mass is 9.98. The van der Waals surface area contributed by atoms with Gasteiger partial charge >= 0.3 is 0 Å². The average Bonchev–Trinajstić information content (AvgIpc) is 2.30. The minimum atomic E-state index is 0.146. The summed E-state index contributed by atoms with van der Waals surface area (Å²) in [6.45, 7) is 4.23. The highest BCUT2D eigenvalue weighted by Gasteiger charge is 2.15. The number of carbonyl (C=O) groups is 1. The molecule has 1 unspecified atom stereocenters. The van der Waals surface area contributed by atoms with Gasteiger partial charge in [-0.25, -0.2) is 0 Å². The van der Waals surface area contributed by atoms with E-state index in [0.717, 1.165) is 34.9 Å². The van der Waals surface area contributed by atoms with Gasteiger partial charge in [-0.2, -0.15) is 0 Å². The highest BCUT2D eigenvalue weighted by atomic mass is 127. The molecule has 2 nitrogen and oxygen atoms in total. The molecular formula is C14H20INO. The van der Waals surface area contributed by atoms with Crippen molar-refractivity contribution >= 4 is 34.2 Å². The van der Waals surface area contributed by atoms with Gasteiger partial charge < -0.3 is 5.32 Å². The Morgan fingerprint density at radius 3 is 2.76 bits per heavy atom. The number of anilines is 1. The molecule has 1 aromatic rings. The predicted octanol–water partition coefficient (Wildman–Crippen LogP) is 4.45. The van der Waals surface area contributed by atoms with E-state index in [0.29, 0.717) is 0 Å². The minimum absolute atomic E-state index is 0.146. The van der Waals surface area contributed by atoms with Crippen molar-refractivity contribution in [3.63, 3.8) is 0 Å². The largest absolute Gasteiger partial charge is 0.326 e. The van der Waals surface area contributed by atoms with Crippen molar-refractivity contribution in [1.29, 1.82) is 0 Å². The molecule has 0 aliphatic heterocycles. The van der Waals surface area contributed by atoms with Crippen LogP contribution in [0.4, 0.5) is 5.69 Å². The van der Waals surface area contributed by atoms with Crippen LogP contribution in [0.25, 0.3) is 0 Å². The molecule has 0 aliphatic carbocycles. The highest BCUT2D eigenvalue weighted by molar-refractivity contribution is 14.1. The fourth-order valence-corrected chi connectivity index (χ4v) is 2.32. The third kappa shape index (κ3) is 5.06. The number of halogens is 1. The molecule has 3 heteroatoms. The Morgan fingerprint density at radius 1 is 1.41 bits per heavy atom. The zero-order chi connectivity index (χ0) is 12.7. The molecule has 0 bridgehead atoms. The number of carbonyl (C=O) groups excluding carboxylic acids is 1. The second kappa shape index (κ2) is 7.69. The van der Waals surface area contributed by atoms with Crippen LogP contribution in [0.5, 0.6) is 0 Å². The van der Waals surface area contributed by atoms with Gasteiger partial charge in [0, 0.05) is 15.2 Å². The lowest BCUT2D eigenvalue weighted by Gasteiger charge is -2.14. The Kier molecular flexibility index (Phi) is 6.55. The Morgan fingerprint density at radius 2 is 2.18 bits per heavy atom. The van der Waals surface area contributed by atoms with E-state index in [2.05, 4.69) is 41.8 Å².